The predicted molar refractivity (Wildman–Crippen MR) is 93.7 cm³/mol. The van der Waals surface area contributed by atoms with Crippen molar-refractivity contribution in [1.82, 2.24) is 4.90 Å². The summed E-state index contributed by atoms with van der Waals surface area (Å²) < 4.78 is 11.4. The van der Waals surface area contributed by atoms with Gasteiger partial charge < -0.3 is 14.1 Å². The Morgan fingerprint density at radius 3 is 2.44 bits per heavy atom. The van der Waals surface area contributed by atoms with Crippen molar-refractivity contribution >= 4 is 5.91 Å². The van der Waals surface area contributed by atoms with E-state index in [9.17, 15) is 4.79 Å². The lowest BCUT2D eigenvalue weighted by Gasteiger charge is -2.56. The largest absolute Gasteiger partial charge is 0.467 e. The fourth-order valence-corrected chi connectivity index (χ4v) is 6.55. The number of rotatable bonds is 5. The van der Waals surface area contributed by atoms with E-state index in [1.807, 2.05) is 12.1 Å². The van der Waals surface area contributed by atoms with Crippen LogP contribution in [-0.4, -0.2) is 30.1 Å². The summed E-state index contributed by atoms with van der Waals surface area (Å²) in [6.07, 6.45) is 11.6. The van der Waals surface area contributed by atoms with Gasteiger partial charge in [0.2, 0.25) is 5.91 Å². The van der Waals surface area contributed by atoms with E-state index in [1.54, 1.807) is 6.26 Å². The maximum absolute atomic E-state index is 13.7. The molecule has 136 valence electrons. The molecule has 6 rings (SSSR count). The van der Waals surface area contributed by atoms with E-state index < -0.39 is 0 Å². The van der Waals surface area contributed by atoms with Gasteiger partial charge >= 0.3 is 0 Å². The Labute approximate surface area is 149 Å². The van der Waals surface area contributed by atoms with E-state index in [1.165, 1.54) is 19.3 Å². The number of amides is 1. The maximum atomic E-state index is 13.7. The van der Waals surface area contributed by atoms with Crippen LogP contribution >= 0.6 is 0 Å². The second-order valence-electron chi connectivity index (χ2n) is 9.10. The minimum absolute atomic E-state index is 0.0834. The summed E-state index contributed by atoms with van der Waals surface area (Å²) in [6.45, 7) is 2.15. The van der Waals surface area contributed by atoms with Crippen LogP contribution in [0.25, 0.3) is 0 Å². The fourth-order valence-electron chi connectivity index (χ4n) is 6.55. The van der Waals surface area contributed by atoms with Crippen LogP contribution in [0.3, 0.4) is 0 Å². The monoisotopic (exact) mass is 343 g/mol. The van der Waals surface area contributed by atoms with Gasteiger partial charge in [0.25, 0.3) is 0 Å². The van der Waals surface area contributed by atoms with Gasteiger partial charge in [-0.25, -0.2) is 0 Å². The third kappa shape index (κ3) is 2.92. The highest BCUT2D eigenvalue weighted by Crippen LogP contribution is 2.60. The molecular formula is C21H29NO3. The van der Waals surface area contributed by atoms with Crippen LogP contribution in [0.15, 0.2) is 22.8 Å². The van der Waals surface area contributed by atoms with Gasteiger partial charge in [0.15, 0.2) is 0 Å². The van der Waals surface area contributed by atoms with Gasteiger partial charge in [0.1, 0.15) is 5.76 Å². The first-order valence-electron chi connectivity index (χ1n) is 10.1. The molecule has 1 amide bonds. The van der Waals surface area contributed by atoms with E-state index in [0.717, 1.165) is 68.8 Å². The smallest absolute Gasteiger partial charge is 0.229 e. The molecule has 4 bridgehead atoms. The molecule has 0 N–H and O–H groups in total. The molecule has 1 saturated heterocycles. The Balaban J connectivity index is 1.38. The minimum Gasteiger partial charge on any atom is -0.467 e. The molecule has 4 heteroatoms. The number of nitrogens with zero attached hydrogens (tertiary/aromatic N) is 1. The number of carbonyl (C=O) groups is 1. The Morgan fingerprint density at radius 1 is 1.16 bits per heavy atom. The first-order chi connectivity index (χ1) is 12.2. The zero-order valence-corrected chi connectivity index (χ0v) is 15.0. The minimum atomic E-state index is -0.0834. The van der Waals surface area contributed by atoms with Crippen molar-refractivity contribution in [2.75, 3.05) is 13.2 Å². The second kappa shape index (κ2) is 6.15. The van der Waals surface area contributed by atoms with Crippen LogP contribution in [0, 0.1) is 23.2 Å². The third-order valence-corrected chi connectivity index (χ3v) is 7.15. The van der Waals surface area contributed by atoms with E-state index in [-0.39, 0.29) is 11.5 Å². The molecule has 0 spiro atoms. The van der Waals surface area contributed by atoms with Crippen molar-refractivity contribution in [2.45, 2.75) is 64.0 Å². The van der Waals surface area contributed by atoms with Crippen LogP contribution in [-0.2, 0) is 16.1 Å². The first-order valence-corrected chi connectivity index (χ1v) is 10.1. The molecule has 4 saturated carbocycles. The molecule has 1 aromatic rings. The van der Waals surface area contributed by atoms with Crippen molar-refractivity contribution in [3.8, 4) is 0 Å². The molecule has 1 atom stereocenters. The first kappa shape index (κ1) is 15.9. The van der Waals surface area contributed by atoms with Gasteiger partial charge in [-0.15, -0.1) is 0 Å². The number of carbonyl (C=O) groups excluding carboxylic acids is 1. The van der Waals surface area contributed by atoms with Crippen LogP contribution < -0.4 is 0 Å². The summed E-state index contributed by atoms with van der Waals surface area (Å²) in [4.78, 5) is 15.8. The predicted octanol–water partition coefficient (Wildman–Crippen LogP) is 4.00. The molecule has 0 unspecified atom stereocenters. The maximum Gasteiger partial charge on any atom is 0.229 e. The summed E-state index contributed by atoms with van der Waals surface area (Å²) in [6, 6.07) is 3.89. The molecule has 0 aromatic carbocycles. The lowest BCUT2D eigenvalue weighted by atomic mass is 9.49. The Morgan fingerprint density at radius 2 is 1.88 bits per heavy atom. The molecule has 0 radical (unpaired) electrons. The zero-order valence-electron chi connectivity index (χ0n) is 15.0. The van der Waals surface area contributed by atoms with E-state index >= 15 is 0 Å². The zero-order chi connectivity index (χ0) is 16.9. The average molecular weight is 343 g/mol. The van der Waals surface area contributed by atoms with Crippen LogP contribution in [0.4, 0.5) is 0 Å². The van der Waals surface area contributed by atoms with Crippen LogP contribution in [0.5, 0.6) is 0 Å². The molecule has 5 fully saturated rings. The normalized spacial score (nSPS) is 39.0. The van der Waals surface area contributed by atoms with Gasteiger partial charge in [-0.3, -0.25) is 4.79 Å². The number of furan rings is 1. The van der Waals surface area contributed by atoms with E-state index in [0.29, 0.717) is 12.5 Å². The highest BCUT2D eigenvalue weighted by molar-refractivity contribution is 5.83. The fraction of sp³-hybridized carbons (Fsp3) is 0.762. The molecule has 1 aliphatic heterocycles. The SMILES string of the molecule is O=C(N(Cc1ccco1)C[C@H]1CCCO1)C12CC3CC(CC(C3)C1)C2. The molecule has 4 aliphatic carbocycles. The molecule has 2 heterocycles. The standard InChI is InChI=1S/C21H29NO3/c23-20(21-10-15-7-16(11-21)9-17(8-15)12-21)22(13-18-3-1-5-24-18)14-19-4-2-6-25-19/h1,3,5,15-17,19H,2,4,6-14H2/t15?,16?,17?,19-,21?/m1/s1. The summed E-state index contributed by atoms with van der Waals surface area (Å²) in [5.74, 6) is 3.66. The topological polar surface area (TPSA) is 42.7 Å². The molecule has 1 aromatic heterocycles. The second-order valence-corrected chi connectivity index (χ2v) is 9.10. The number of hydrogen-bond acceptors (Lipinski definition) is 3. The molecule has 25 heavy (non-hydrogen) atoms. The average Bonchev–Trinajstić information content (AvgIpc) is 3.26. The quantitative estimate of drug-likeness (QED) is 0.811. The molecular weight excluding hydrogens is 314 g/mol. The number of ether oxygens (including phenoxy) is 1. The van der Waals surface area contributed by atoms with Gasteiger partial charge in [-0.2, -0.15) is 0 Å². The Kier molecular flexibility index (Phi) is 3.92. The Bertz CT molecular complexity index is 582. The van der Waals surface area contributed by atoms with Crippen molar-refractivity contribution < 1.29 is 13.9 Å². The van der Waals surface area contributed by atoms with Gasteiger partial charge in [-0.05, 0) is 81.3 Å². The van der Waals surface area contributed by atoms with E-state index in [2.05, 4.69) is 4.90 Å². The molecule has 5 aliphatic rings. The lowest BCUT2D eigenvalue weighted by Crippen LogP contribution is -2.55. The van der Waals surface area contributed by atoms with Gasteiger partial charge in [-0.1, -0.05) is 0 Å². The van der Waals surface area contributed by atoms with Crippen molar-refractivity contribution in [3.05, 3.63) is 24.2 Å². The van der Waals surface area contributed by atoms with E-state index in [4.69, 9.17) is 9.15 Å². The number of hydrogen-bond donors (Lipinski definition) is 0. The lowest BCUT2D eigenvalue weighted by molar-refractivity contribution is -0.160. The van der Waals surface area contributed by atoms with Crippen molar-refractivity contribution in [1.29, 1.82) is 0 Å². The van der Waals surface area contributed by atoms with Gasteiger partial charge in [0.05, 0.1) is 24.3 Å². The summed E-state index contributed by atoms with van der Waals surface area (Å²) >= 11 is 0. The summed E-state index contributed by atoms with van der Waals surface area (Å²) in [5, 5.41) is 0. The third-order valence-electron chi connectivity index (χ3n) is 7.15. The highest BCUT2D eigenvalue weighted by Gasteiger charge is 2.55. The molecule has 4 nitrogen and oxygen atoms in total. The van der Waals surface area contributed by atoms with Crippen molar-refractivity contribution in [2.24, 2.45) is 23.2 Å². The van der Waals surface area contributed by atoms with Crippen LogP contribution in [0.2, 0.25) is 0 Å². The van der Waals surface area contributed by atoms with Gasteiger partial charge in [0, 0.05) is 13.2 Å². The highest BCUT2D eigenvalue weighted by atomic mass is 16.5. The summed E-state index contributed by atoms with van der Waals surface area (Å²) in [7, 11) is 0. The van der Waals surface area contributed by atoms with Crippen LogP contribution in [0.1, 0.15) is 57.1 Å². The Hall–Kier alpha value is -1.29. The van der Waals surface area contributed by atoms with Crippen molar-refractivity contribution in [3.63, 3.8) is 0 Å². The summed E-state index contributed by atoms with van der Waals surface area (Å²) in [5.41, 5.74) is -0.0834.